The molecule has 0 radical (unpaired) electrons. The van der Waals surface area contributed by atoms with E-state index < -0.39 is 22.5 Å². The molecule has 0 aliphatic heterocycles. The molecule has 0 atom stereocenters. The summed E-state index contributed by atoms with van der Waals surface area (Å²) in [7, 11) is -0.902. The van der Waals surface area contributed by atoms with E-state index in [0.717, 1.165) is 10.6 Å². The van der Waals surface area contributed by atoms with Crippen molar-refractivity contribution in [3.05, 3.63) is 55.1 Å². The zero-order valence-electron chi connectivity index (χ0n) is 16.5. The number of carbonyl (C=O) groups is 1. The van der Waals surface area contributed by atoms with Gasteiger partial charge in [0.1, 0.15) is 30.4 Å². The molecule has 1 N–H and O–H groups in total. The third-order valence-corrected chi connectivity index (χ3v) is 4.95. The van der Waals surface area contributed by atoms with Gasteiger partial charge in [0.25, 0.3) is 0 Å². The number of amides is 1. The molecular weight excluding hydrogens is 396 g/mol. The first-order chi connectivity index (χ1) is 13.8. The van der Waals surface area contributed by atoms with Gasteiger partial charge in [0.05, 0.1) is 26.2 Å². The molecule has 0 fully saturated rings. The number of carbonyl (C=O) groups excluding carboxylic acids is 1. The smallest absolute Gasteiger partial charge is 0.245 e. The quantitative estimate of drug-likeness (QED) is 0.594. The summed E-state index contributed by atoms with van der Waals surface area (Å²) in [4.78, 5) is 12.6. The molecule has 0 bridgehead atoms. The standard InChI is InChI=1S/C20H24N2O6S/c1-5-11-28-17-8-6-7-15(12-17)21-20(23)14-22(29(4,24)25)18-13-16(26-2)9-10-19(18)27-3/h5-10,12-13H,1,11,14H2,2-4H3,(H,21,23). The summed E-state index contributed by atoms with van der Waals surface area (Å²) in [5.74, 6) is 0.754. The number of nitrogens with zero attached hydrogens (tertiary/aromatic N) is 1. The van der Waals surface area contributed by atoms with E-state index in [4.69, 9.17) is 14.2 Å². The maximum absolute atomic E-state index is 12.6. The molecule has 0 aromatic heterocycles. The second-order valence-electron chi connectivity index (χ2n) is 5.98. The third kappa shape index (κ3) is 6.15. The van der Waals surface area contributed by atoms with E-state index in [9.17, 15) is 13.2 Å². The molecule has 1 amide bonds. The van der Waals surface area contributed by atoms with Crippen LogP contribution in [0.3, 0.4) is 0 Å². The van der Waals surface area contributed by atoms with Gasteiger partial charge >= 0.3 is 0 Å². The molecule has 0 saturated carbocycles. The zero-order chi connectivity index (χ0) is 21.4. The minimum absolute atomic E-state index is 0.201. The number of anilines is 2. The molecule has 0 saturated heterocycles. The van der Waals surface area contributed by atoms with Crippen LogP contribution < -0.4 is 23.8 Å². The van der Waals surface area contributed by atoms with Gasteiger partial charge in [-0.3, -0.25) is 9.10 Å². The number of hydrogen-bond acceptors (Lipinski definition) is 6. The number of nitrogens with one attached hydrogen (secondary N) is 1. The van der Waals surface area contributed by atoms with Gasteiger partial charge in [-0.2, -0.15) is 0 Å². The van der Waals surface area contributed by atoms with E-state index in [1.54, 1.807) is 42.5 Å². The van der Waals surface area contributed by atoms with Crippen molar-refractivity contribution in [2.75, 3.05) is 43.2 Å². The number of sulfonamides is 1. The van der Waals surface area contributed by atoms with E-state index in [1.807, 2.05) is 0 Å². The highest BCUT2D eigenvalue weighted by Crippen LogP contribution is 2.33. The Morgan fingerprint density at radius 2 is 1.90 bits per heavy atom. The lowest BCUT2D eigenvalue weighted by Crippen LogP contribution is -2.37. The van der Waals surface area contributed by atoms with Crippen molar-refractivity contribution in [1.29, 1.82) is 0 Å². The number of hydrogen-bond donors (Lipinski definition) is 1. The summed E-state index contributed by atoms with van der Waals surface area (Å²) >= 11 is 0. The summed E-state index contributed by atoms with van der Waals surface area (Å²) in [6, 6.07) is 11.5. The maximum Gasteiger partial charge on any atom is 0.245 e. The first kappa shape index (κ1) is 22.1. The first-order valence-corrected chi connectivity index (χ1v) is 10.5. The molecule has 2 aromatic rings. The van der Waals surface area contributed by atoms with Gasteiger partial charge in [-0.1, -0.05) is 18.7 Å². The molecular formula is C20H24N2O6S. The Kier molecular flexibility index (Phi) is 7.49. The zero-order valence-corrected chi connectivity index (χ0v) is 17.4. The van der Waals surface area contributed by atoms with Crippen LogP contribution in [0.2, 0.25) is 0 Å². The average molecular weight is 420 g/mol. The van der Waals surface area contributed by atoms with Gasteiger partial charge in [-0.25, -0.2) is 8.42 Å². The lowest BCUT2D eigenvalue weighted by atomic mass is 10.2. The number of methoxy groups -OCH3 is 2. The van der Waals surface area contributed by atoms with E-state index >= 15 is 0 Å². The van der Waals surface area contributed by atoms with Crippen LogP contribution in [-0.4, -0.2) is 48.0 Å². The molecule has 0 aliphatic carbocycles. The minimum Gasteiger partial charge on any atom is -0.497 e. The monoisotopic (exact) mass is 420 g/mol. The fourth-order valence-corrected chi connectivity index (χ4v) is 3.37. The molecule has 0 heterocycles. The van der Waals surface area contributed by atoms with Crippen LogP contribution in [0, 0.1) is 0 Å². The Morgan fingerprint density at radius 3 is 2.52 bits per heavy atom. The molecule has 0 unspecified atom stereocenters. The van der Waals surface area contributed by atoms with Crippen LogP contribution >= 0.6 is 0 Å². The first-order valence-electron chi connectivity index (χ1n) is 8.62. The third-order valence-electron chi connectivity index (χ3n) is 3.83. The van der Waals surface area contributed by atoms with E-state index in [2.05, 4.69) is 11.9 Å². The Hall–Kier alpha value is -3.20. The second-order valence-corrected chi connectivity index (χ2v) is 7.89. The Labute approximate surface area is 170 Å². The van der Waals surface area contributed by atoms with E-state index in [-0.39, 0.29) is 5.69 Å². The molecule has 0 aliphatic rings. The molecule has 2 rings (SSSR count). The highest BCUT2D eigenvalue weighted by atomic mass is 32.2. The van der Waals surface area contributed by atoms with E-state index in [0.29, 0.717) is 29.5 Å². The summed E-state index contributed by atoms with van der Waals surface area (Å²) in [6.07, 6.45) is 2.62. The lowest BCUT2D eigenvalue weighted by molar-refractivity contribution is -0.114. The number of benzene rings is 2. The fraction of sp³-hybridized carbons (Fsp3) is 0.250. The molecule has 9 heteroatoms. The van der Waals surface area contributed by atoms with Crippen LogP contribution in [0.15, 0.2) is 55.1 Å². The Balaban J connectivity index is 2.26. The highest BCUT2D eigenvalue weighted by Gasteiger charge is 2.24. The van der Waals surface area contributed by atoms with Gasteiger partial charge in [-0.15, -0.1) is 0 Å². The van der Waals surface area contributed by atoms with E-state index in [1.165, 1.54) is 20.3 Å². The van der Waals surface area contributed by atoms with Crippen molar-refractivity contribution in [2.45, 2.75) is 0 Å². The van der Waals surface area contributed by atoms with Gasteiger partial charge < -0.3 is 19.5 Å². The Bertz CT molecular complexity index is 975. The average Bonchev–Trinajstić information content (AvgIpc) is 2.69. The van der Waals surface area contributed by atoms with Crippen LogP contribution in [-0.2, 0) is 14.8 Å². The summed E-state index contributed by atoms with van der Waals surface area (Å²) < 4.78 is 41.6. The van der Waals surface area contributed by atoms with Crippen molar-refractivity contribution in [3.63, 3.8) is 0 Å². The molecule has 156 valence electrons. The normalized spacial score (nSPS) is 10.7. The largest absolute Gasteiger partial charge is 0.497 e. The van der Waals surface area contributed by atoms with Crippen LogP contribution in [0.25, 0.3) is 0 Å². The predicted octanol–water partition coefficient (Wildman–Crippen LogP) is 2.67. The van der Waals surface area contributed by atoms with Crippen molar-refractivity contribution >= 4 is 27.3 Å². The van der Waals surface area contributed by atoms with Crippen LogP contribution in [0.5, 0.6) is 17.2 Å². The number of rotatable bonds is 10. The van der Waals surface area contributed by atoms with Crippen LogP contribution in [0.4, 0.5) is 11.4 Å². The van der Waals surface area contributed by atoms with Crippen LogP contribution in [0.1, 0.15) is 0 Å². The van der Waals surface area contributed by atoms with Crippen molar-refractivity contribution in [3.8, 4) is 17.2 Å². The Morgan fingerprint density at radius 1 is 1.14 bits per heavy atom. The summed E-state index contributed by atoms with van der Waals surface area (Å²) in [6.45, 7) is 3.47. The minimum atomic E-state index is -3.78. The van der Waals surface area contributed by atoms with Crippen molar-refractivity contribution in [2.24, 2.45) is 0 Å². The maximum atomic E-state index is 12.6. The number of ether oxygens (including phenoxy) is 3. The highest BCUT2D eigenvalue weighted by molar-refractivity contribution is 7.92. The van der Waals surface area contributed by atoms with Crippen molar-refractivity contribution < 1.29 is 27.4 Å². The van der Waals surface area contributed by atoms with Crippen molar-refractivity contribution in [1.82, 2.24) is 0 Å². The SMILES string of the molecule is C=CCOc1cccc(NC(=O)CN(c2cc(OC)ccc2OC)S(C)(=O)=O)c1. The van der Waals surface area contributed by atoms with Gasteiger partial charge in [-0.05, 0) is 24.3 Å². The molecule has 2 aromatic carbocycles. The predicted molar refractivity (Wildman–Crippen MR) is 112 cm³/mol. The van der Waals surface area contributed by atoms with Gasteiger partial charge in [0, 0.05) is 17.8 Å². The summed E-state index contributed by atoms with van der Waals surface area (Å²) in [5, 5.41) is 2.67. The van der Waals surface area contributed by atoms with Gasteiger partial charge in [0.2, 0.25) is 15.9 Å². The lowest BCUT2D eigenvalue weighted by Gasteiger charge is -2.24. The fourth-order valence-electron chi connectivity index (χ4n) is 2.52. The summed E-state index contributed by atoms with van der Waals surface area (Å²) in [5.41, 5.74) is 0.676. The second kappa shape index (κ2) is 9.83. The topological polar surface area (TPSA) is 94.2 Å². The van der Waals surface area contributed by atoms with Gasteiger partial charge in [0.15, 0.2) is 0 Å². The molecule has 0 spiro atoms. The molecule has 8 nitrogen and oxygen atoms in total. The molecule has 29 heavy (non-hydrogen) atoms.